The summed E-state index contributed by atoms with van der Waals surface area (Å²) < 4.78 is 6.90. The molecule has 0 amide bonds. The first kappa shape index (κ1) is 12.2. The average Bonchev–Trinajstić information content (AvgIpc) is 2.70. The van der Waals surface area contributed by atoms with Gasteiger partial charge in [0.25, 0.3) is 0 Å². The summed E-state index contributed by atoms with van der Waals surface area (Å²) in [6.07, 6.45) is 7.65. The molecule has 1 atom stereocenters. The van der Waals surface area contributed by atoms with Crippen molar-refractivity contribution in [2.24, 2.45) is 0 Å². The van der Waals surface area contributed by atoms with Crippen molar-refractivity contribution in [3.05, 3.63) is 23.5 Å². The van der Waals surface area contributed by atoms with E-state index in [2.05, 4.69) is 17.7 Å². The molecule has 0 spiro atoms. The van der Waals surface area contributed by atoms with Gasteiger partial charge < -0.3 is 14.6 Å². The number of nitrogens with one attached hydrogen (secondary N) is 1. The van der Waals surface area contributed by atoms with E-state index >= 15 is 0 Å². The summed E-state index contributed by atoms with van der Waals surface area (Å²) in [6, 6.07) is 0.433. The molecule has 0 bridgehead atoms. The number of carbonyl (C=O) groups excluding carboxylic acids is 1. The van der Waals surface area contributed by atoms with Gasteiger partial charge in [-0.15, -0.1) is 0 Å². The molecular weight excluding hydrogens is 216 g/mol. The van der Waals surface area contributed by atoms with E-state index in [0.717, 1.165) is 6.42 Å². The van der Waals surface area contributed by atoms with Crippen LogP contribution in [0.15, 0.2) is 12.4 Å². The highest BCUT2D eigenvalue weighted by atomic mass is 16.5. The molecule has 2 rings (SSSR count). The van der Waals surface area contributed by atoms with Crippen molar-refractivity contribution >= 4 is 5.97 Å². The highest BCUT2D eigenvalue weighted by molar-refractivity contribution is 5.69. The van der Waals surface area contributed by atoms with E-state index < -0.39 is 0 Å². The van der Waals surface area contributed by atoms with E-state index in [1.54, 1.807) is 0 Å². The van der Waals surface area contributed by atoms with Gasteiger partial charge in [-0.1, -0.05) is 0 Å². The zero-order valence-corrected chi connectivity index (χ0v) is 10.5. The molecule has 17 heavy (non-hydrogen) atoms. The standard InChI is InChI=1S/C13H20N2O2/c1-3-17-13(16)9-15-7-10-5-4-6-12(14-2)11(10)8-15/h7-8,12,14H,3-6,9H2,1-2H3. The highest BCUT2D eigenvalue weighted by Gasteiger charge is 2.21. The van der Waals surface area contributed by atoms with E-state index in [1.807, 2.05) is 18.5 Å². The summed E-state index contributed by atoms with van der Waals surface area (Å²) in [7, 11) is 1.99. The quantitative estimate of drug-likeness (QED) is 0.808. The number of aromatic nitrogens is 1. The van der Waals surface area contributed by atoms with Gasteiger partial charge >= 0.3 is 5.97 Å². The minimum Gasteiger partial charge on any atom is -0.465 e. The number of fused-ring (bicyclic) bond motifs is 1. The Balaban J connectivity index is 2.11. The first-order valence-electron chi connectivity index (χ1n) is 6.26. The summed E-state index contributed by atoms with van der Waals surface area (Å²) in [4.78, 5) is 11.4. The Morgan fingerprint density at radius 3 is 3.12 bits per heavy atom. The average molecular weight is 236 g/mol. The molecule has 0 aliphatic heterocycles. The van der Waals surface area contributed by atoms with Gasteiger partial charge in [-0.2, -0.15) is 0 Å². The molecule has 1 aliphatic carbocycles. The predicted octanol–water partition coefficient (Wildman–Crippen LogP) is 1.65. The van der Waals surface area contributed by atoms with Crippen molar-refractivity contribution in [2.45, 2.75) is 38.8 Å². The largest absolute Gasteiger partial charge is 0.465 e. The summed E-state index contributed by atoms with van der Waals surface area (Å²) in [5, 5.41) is 3.32. The second-order valence-corrected chi connectivity index (χ2v) is 4.45. The Morgan fingerprint density at radius 1 is 1.59 bits per heavy atom. The zero-order chi connectivity index (χ0) is 12.3. The van der Waals surface area contributed by atoms with Crippen LogP contribution in [0.3, 0.4) is 0 Å². The van der Waals surface area contributed by atoms with Crippen molar-refractivity contribution in [1.29, 1.82) is 0 Å². The Labute approximate surface area is 102 Å². The fourth-order valence-electron chi connectivity index (χ4n) is 2.50. The smallest absolute Gasteiger partial charge is 0.325 e. The number of hydrogen-bond donors (Lipinski definition) is 1. The Bertz CT molecular complexity index is 398. The normalized spacial score (nSPS) is 18.8. The van der Waals surface area contributed by atoms with E-state index in [0.29, 0.717) is 19.2 Å². The molecule has 1 heterocycles. The van der Waals surface area contributed by atoms with E-state index in [4.69, 9.17) is 4.74 Å². The van der Waals surface area contributed by atoms with Gasteiger partial charge in [-0.25, -0.2) is 0 Å². The third-order valence-corrected chi connectivity index (χ3v) is 3.28. The molecule has 0 saturated carbocycles. The fraction of sp³-hybridized carbons (Fsp3) is 0.615. The van der Waals surface area contributed by atoms with Gasteiger partial charge in [0, 0.05) is 18.4 Å². The van der Waals surface area contributed by atoms with Gasteiger partial charge in [-0.3, -0.25) is 4.79 Å². The fourth-order valence-corrected chi connectivity index (χ4v) is 2.50. The van der Waals surface area contributed by atoms with Crippen molar-refractivity contribution < 1.29 is 9.53 Å². The lowest BCUT2D eigenvalue weighted by molar-refractivity contribution is -0.143. The first-order valence-corrected chi connectivity index (χ1v) is 6.26. The molecule has 0 fully saturated rings. The van der Waals surface area contributed by atoms with Crippen LogP contribution in [-0.2, 0) is 22.5 Å². The minimum atomic E-state index is -0.166. The van der Waals surface area contributed by atoms with E-state index in [1.165, 1.54) is 24.0 Å². The van der Waals surface area contributed by atoms with Crippen LogP contribution in [-0.4, -0.2) is 24.2 Å². The van der Waals surface area contributed by atoms with Crippen LogP contribution in [0, 0.1) is 0 Å². The first-order chi connectivity index (χ1) is 8.24. The number of aryl methyl sites for hydroxylation is 1. The highest BCUT2D eigenvalue weighted by Crippen LogP contribution is 2.30. The molecular formula is C13H20N2O2. The van der Waals surface area contributed by atoms with Crippen molar-refractivity contribution in [2.75, 3.05) is 13.7 Å². The monoisotopic (exact) mass is 236 g/mol. The molecule has 1 N–H and O–H groups in total. The van der Waals surface area contributed by atoms with Gasteiger partial charge in [0.15, 0.2) is 0 Å². The van der Waals surface area contributed by atoms with Crippen LogP contribution in [0.5, 0.6) is 0 Å². The molecule has 94 valence electrons. The Morgan fingerprint density at radius 2 is 2.41 bits per heavy atom. The number of esters is 1. The van der Waals surface area contributed by atoms with Crippen LogP contribution in [0.1, 0.15) is 36.9 Å². The van der Waals surface area contributed by atoms with Crippen LogP contribution in [0.4, 0.5) is 0 Å². The lowest BCUT2D eigenvalue weighted by Crippen LogP contribution is -2.20. The predicted molar refractivity (Wildman–Crippen MR) is 65.8 cm³/mol. The van der Waals surface area contributed by atoms with E-state index in [-0.39, 0.29) is 5.97 Å². The summed E-state index contributed by atoms with van der Waals surface area (Å²) in [6.45, 7) is 2.59. The van der Waals surface area contributed by atoms with Crippen molar-refractivity contribution in [3.63, 3.8) is 0 Å². The van der Waals surface area contributed by atoms with Crippen LogP contribution >= 0.6 is 0 Å². The second kappa shape index (κ2) is 5.36. The number of ether oxygens (including phenoxy) is 1. The number of hydrogen-bond acceptors (Lipinski definition) is 3. The number of rotatable bonds is 4. The molecule has 0 radical (unpaired) electrons. The van der Waals surface area contributed by atoms with Gasteiger partial charge in [-0.05, 0) is 44.4 Å². The lowest BCUT2D eigenvalue weighted by atomic mass is 9.91. The topological polar surface area (TPSA) is 43.3 Å². The molecule has 0 aromatic carbocycles. The van der Waals surface area contributed by atoms with Crippen LogP contribution in [0.25, 0.3) is 0 Å². The number of nitrogens with zero attached hydrogens (tertiary/aromatic N) is 1. The lowest BCUT2D eigenvalue weighted by Gasteiger charge is -2.21. The Hall–Kier alpha value is -1.29. The van der Waals surface area contributed by atoms with Crippen LogP contribution < -0.4 is 5.32 Å². The molecule has 0 saturated heterocycles. The maximum absolute atomic E-state index is 11.4. The third-order valence-electron chi connectivity index (χ3n) is 3.28. The molecule has 4 heteroatoms. The third kappa shape index (κ3) is 2.69. The van der Waals surface area contributed by atoms with Gasteiger partial charge in [0.2, 0.25) is 0 Å². The summed E-state index contributed by atoms with van der Waals surface area (Å²) >= 11 is 0. The molecule has 1 aliphatic rings. The Kier molecular flexibility index (Phi) is 3.84. The van der Waals surface area contributed by atoms with Crippen molar-refractivity contribution in [3.8, 4) is 0 Å². The molecule has 4 nitrogen and oxygen atoms in total. The maximum atomic E-state index is 11.4. The van der Waals surface area contributed by atoms with E-state index in [9.17, 15) is 4.79 Å². The zero-order valence-electron chi connectivity index (χ0n) is 10.5. The molecule has 1 unspecified atom stereocenters. The second-order valence-electron chi connectivity index (χ2n) is 4.45. The van der Waals surface area contributed by atoms with Crippen LogP contribution in [0.2, 0.25) is 0 Å². The SMILES string of the molecule is CCOC(=O)Cn1cc2c(c1)C(NC)CCC2. The minimum absolute atomic E-state index is 0.166. The number of carbonyl (C=O) groups is 1. The molecule has 1 aromatic rings. The molecule has 1 aromatic heterocycles. The summed E-state index contributed by atoms with van der Waals surface area (Å²) in [5.41, 5.74) is 2.70. The van der Waals surface area contributed by atoms with Gasteiger partial charge in [0.1, 0.15) is 6.54 Å². The van der Waals surface area contributed by atoms with Crippen molar-refractivity contribution in [1.82, 2.24) is 9.88 Å². The van der Waals surface area contributed by atoms with Gasteiger partial charge in [0.05, 0.1) is 6.61 Å². The maximum Gasteiger partial charge on any atom is 0.325 e. The summed E-state index contributed by atoms with van der Waals surface area (Å²) in [5.74, 6) is -0.166.